The van der Waals surface area contributed by atoms with Crippen LogP contribution in [0.15, 0.2) is 47.3 Å². The first kappa shape index (κ1) is 20.4. The molecule has 0 spiro atoms. The molecule has 2 aromatic carbocycles. The highest BCUT2D eigenvalue weighted by molar-refractivity contribution is 7.15. The summed E-state index contributed by atoms with van der Waals surface area (Å²) in [6.07, 6.45) is 1.75. The van der Waals surface area contributed by atoms with Crippen LogP contribution in [0.1, 0.15) is 5.56 Å². The highest BCUT2D eigenvalue weighted by Crippen LogP contribution is 2.31. The summed E-state index contributed by atoms with van der Waals surface area (Å²) in [5.74, 6) is 1.54. The van der Waals surface area contributed by atoms with Crippen LogP contribution in [0.2, 0.25) is 0 Å². The van der Waals surface area contributed by atoms with Gasteiger partial charge in [0.1, 0.15) is 5.75 Å². The normalized spacial score (nSPS) is 11.6. The summed E-state index contributed by atoms with van der Waals surface area (Å²) >= 11 is 1.24. The lowest BCUT2D eigenvalue weighted by Crippen LogP contribution is -2.23. The highest BCUT2D eigenvalue weighted by Gasteiger charge is 2.14. The van der Waals surface area contributed by atoms with E-state index in [2.05, 4.69) is 10.1 Å². The van der Waals surface area contributed by atoms with Crippen molar-refractivity contribution in [2.24, 2.45) is 5.73 Å². The van der Waals surface area contributed by atoms with Gasteiger partial charge < -0.3 is 19.9 Å². The minimum atomic E-state index is -0.548. The Morgan fingerprint density at radius 3 is 2.52 bits per heavy atom. The lowest BCUT2D eigenvalue weighted by atomic mass is 10.2. The smallest absolute Gasteiger partial charge is 0.291 e. The van der Waals surface area contributed by atoms with Gasteiger partial charge in [0, 0.05) is 5.56 Å². The van der Waals surface area contributed by atoms with Crippen LogP contribution in [-0.4, -0.2) is 41.3 Å². The maximum Gasteiger partial charge on any atom is 0.291 e. The van der Waals surface area contributed by atoms with Crippen molar-refractivity contribution in [2.45, 2.75) is 0 Å². The van der Waals surface area contributed by atoms with Crippen LogP contribution in [0, 0.1) is 0 Å². The summed E-state index contributed by atoms with van der Waals surface area (Å²) in [5, 5.41) is 4.35. The van der Waals surface area contributed by atoms with Gasteiger partial charge in [0.15, 0.2) is 23.9 Å². The number of rotatable bonds is 7. The number of nitrogens with zero attached hydrogens (tertiary/aromatic N) is 3. The van der Waals surface area contributed by atoms with E-state index in [0.717, 1.165) is 5.56 Å². The number of thiazole rings is 1. The molecule has 0 aliphatic heterocycles. The van der Waals surface area contributed by atoms with Gasteiger partial charge in [-0.25, -0.2) is 0 Å². The van der Waals surface area contributed by atoms with Gasteiger partial charge in [0.05, 0.1) is 18.8 Å². The van der Waals surface area contributed by atoms with E-state index in [1.807, 2.05) is 0 Å². The molecule has 0 saturated carbocycles. The van der Waals surface area contributed by atoms with E-state index >= 15 is 0 Å². The van der Waals surface area contributed by atoms with Crippen LogP contribution >= 0.6 is 11.3 Å². The van der Waals surface area contributed by atoms with Gasteiger partial charge in [-0.3, -0.25) is 9.59 Å². The Kier molecular flexibility index (Phi) is 5.54. The number of carbonyl (C=O) groups excluding carboxylic acids is 1. The number of primary amides is 1. The molecule has 0 aliphatic rings. The summed E-state index contributed by atoms with van der Waals surface area (Å²) in [4.78, 5) is 28.5. The van der Waals surface area contributed by atoms with Gasteiger partial charge in [-0.05, 0) is 42.0 Å². The van der Waals surface area contributed by atoms with Crippen LogP contribution in [0.3, 0.4) is 0 Å². The van der Waals surface area contributed by atoms with Gasteiger partial charge in [0.2, 0.25) is 4.96 Å². The summed E-state index contributed by atoms with van der Waals surface area (Å²) in [7, 11) is 3.11. The van der Waals surface area contributed by atoms with Crippen molar-refractivity contribution < 1.29 is 19.0 Å². The van der Waals surface area contributed by atoms with Crippen molar-refractivity contribution in [3.8, 4) is 28.6 Å². The number of carbonyl (C=O) groups is 1. The molecule has 4 rings (SSSR count). The SMILES string of the molecule is COc1ccc(-c2nc3s/c(=C\c4ccc(OCC(N)=O)cc4)c(=O)n3n2)cc1OC. The van der Waals surface area contributed by atoms with Crippen LogP contribution in [-0.2, 0) is 4.79 Å². The topological polar surface area (TPSA) is 118 Å². The maximum atomic E-state index is 12.8. The number of nitrogens with two attached hydrogens (primary N) is 1. The third-order valence-electron chi connectivity index (χ3n) is 4.38. The summed E-state index contributed by atoms with van der Waals surface area (Å²) in [6, 6.07) is 12.3. The van der Waals surface area contributed by atoms with E-state index in [1.165, 1.54) is 15.9 Å². The molecule has 0 saturated heterocycles. The number of hydrogen-bond donors (Lipinski definition) is 1. The Morgan fingerprint density at radius 1 is 1.13 bits per heavy atom. The summed E-state index contributed by atoms with van der Waals surface area (Å²) in [6.45, 7) is -0.191. The molecule has 0 aliphatic carbocycles. The number of amides is 1. The van der Waals surface area contributed by atoms with Crippen LogP contribution < -0.4 is 30.0 Å². The molecule has 2 N–H and O–H groups in total. The van der Waals surface area contributed by atoms with Crippen molar-refractivity contribution in [1.82, 2.24) is 14.6 Å². The fourth-order valence-corrected chi connectivity index (χ4v) is 3.81. The lowest BCUT2D eigenvalue weighted by Gasteiger charge is -2.07. The lowest BCUT2D eigenvalue weighted by molar-refractivity contribution is -0.119. The second kappa shape index (κ2) is 8.44. The number of methoxy groups -OCH3 is 2. The first-order valence-corrected chi connectivity index (χ1v) is 9.95. The predicted molar refractivity (Wildman–Crippen MR) is 116 cm³/mol. The third kappa shape index (κ3) is 4.19. The number of fused-ring (bicyclic) bond motifs is 1. The average molecular weight is 438 g/mol. The molecule has 0 unspecified atom stereocenters. The van der Waals surface area contributed by atoms with E-state index in [1.54, 1.807) is 62.8 Å². The fraction of sp³-hybridized carbons (Fsp3) is 0.143. The van der Waals surface area contributed by atoms with Crippen molar-refractivity contribution >= 4 is 28.3 Å². The standard InChI is InChI=1S/C21H18N4O5S/c1-28-15-8-5-13(10-16(15)29-2)19-23-21-25(24-19)20(27)17(31-21)9-12-3-6-14(7-4-12)30-11-18(22)26/h3-10H,11H2,1-2H3,(H2,22,26)/b17-9-. The monoisotopic (exact) mass is 438 g/mol. The average Bonchev–Trinajstić information content (AvgIpc) is 3.32. The predicted octanol–water partition coefficient (Wildman–Crippen LogP) is 1.25. The summed E-state index contributed by atoms with van der Waals surface area (Å²) in [5.41, 5.74) is 6.32. The van der Waals surface area contributed by atoms with Crippen molar-refractivity contribution in [3.63, 3.8) is 0 Å². The zero-order valence-electron chi connectivity index (χ0n) is 16.7. The molecule has 0 atom stereocenters. The zero-order chi connectivity index (χ0) is 22.0. The Morgan fingerprint density at radius 2 is 1.87 bits per heavy atom. The molecule has 0 bridgehead atoms. The minimum absolute atomic E-state index is 0.191. The Labute approximate surface area is 180 Å². The Balaban J connectivity index is 1.63. The van der Waals surface area contributed by atoms with E-state index in [4.69, 9.17) is 19.9 Å². The van der Waals surface area contributed by atoms with Gasteiger partial charge in [-0.1, -0.05) is 23.5 Å². The first-order valence-electron chi connectivity index (χ1n) is 9.13. The largest absolute Gasteiger partial charge is 0.493 e. The number of benzene rings is 2. The number of aromatic nitrogens is 3. The molecule has 31 heavy (non-hydrogen) atoms. The third-order valence-corrected chi connectivity index (χ3v) is 5.34. The second-order valence-corrected chi connectivity index (χ2v) is 7.45. The molecule has 158 valence electrons. The molecule has 0 radical (unpaired) electrons. The van der Waals surface area contributed by atoms with Gasteiger partial charge in [0.25, 0.3) is 11.5 Å². The van der Waals surface area contributed by atoms with Gasteiger partial charge >= 0.3 is 0 Å². The molecule has 2 heterocycles. The molecule has 4 aromatic rings. The maximum absolute atomic E-state index is 12.8. The van der Waals surface area contributed by atoms with Crippen LogP contribution in [0.25, 0.3) is 22.4 Å². The van der Waals surface area contributed by atoms with Gasteiger partial charge in [-0.15, -0.1) is 5.10 Å². The zero-order valence-corrected chi connectivity index (χ0v) is 17.5. The molecular formula is C21H18N4O5S. The van der Waals surface area contributed by atoms with Crippen molar-refractivity contribution in [1.29, 1.82) is 0 Å². The van der Waals surface area contributed by atoms with Crippen molar-refractivity contribution in [3.05, 3.63) is 62.9 Å². The Hall–Kier alpha value is -3.92. The van der Waals surface area contributed by atoms with E-state index in [0.29, 0.717) is 38.1 Å². The van der Waals surface area contributed by atoms with E-state index in [9.17, 15) is 9.59 Å². The number of ether oxygens (including phenoxy) is 3. The Bertz CT molecular complexity index is 1360. The number of hydrogen-bond acceptors (Lipinski definition) is 8. The molecule has 10 heteroatoms. The fourth-order valence-electron chi connectivity index (χ4n) is 2.90. The van der Waals surface area contributed by atoms with Crippen LogP contribution in [0.5, 0.6) is 17.2 Å². The van der Waals surface area contributed by atoms with Crippen molar-refractivity contribution in [2.75, 3.05) is 20.8 Å². The highest BCUT2D eigenvalue weighted by atomic mass is 32.1. The quantitative estimate of drug-likeness (QED) is 0.461. The second-order valence-electron chi connectivity index (χ2n) is 6.44. The van der Waals surface area contributed by atoms with E-state index in [-0.39, 0.29) is 12.2 Å². The minimum Gasteiger partial charge on any atom is -0.493 e. The molecule has 9 nitrogen and oxygen atoms in total. The van der Waals surface area contributed by atoms with Gasteiger partial charge in [-0.2, -0.15) is 9.50 Å². The molecule has 0 fully saturated rings. The molecule has 2 aromatic heterocycles. The summed E-state index contributed by atoms with van der Waals surface area (Å²) < 4.78 is 17.6. The molecular weight excluding hydrogens is 420 g/mol. The van der Waals surface area contributed by atoms with E-state index < -0.39 is 5.91 Å². The molecule has 1 amide bonds. The first-order chi connectivity index (χ1) is 15.0. The van der Waals surface area contributed by atoms with Crippen LogP contribution in [0.4, 0.5) is 0 Å².